The Hall–Kier alpha value is -3.24. The molecule has 2 heterocycles. The van der Waals surface area contributed by atoms with Crippen molar-refractivity contribution in [3.05, 3.63) is 58.4 Å². The summed E-state index contributed by atoms with van der Waals surface area (Å²) in [6.07, 6.45) is 3.83. The summed E-state index contributed by atoms with van der Waals surface area (Å²) < 4.78 is 19.3. The highest BCUT2D eigenvalue weighted by molar-refractivity contribution is 6.31. The zero-order valence-electron chi connectivity index (χ0n) is 23.5. The average molecular weight is 589 g/mol. The van der Waals surface area contributed by atoms with Crippen LogP contribution in [0.25, 0.3) is 0 Å². The number of halogens is 2. The molecule has 0 bridgehead atoms. The molecule has 11 heteroatoms. The van der Waals surface area contributed by atoms with Crippen molar-refractivity contribution in [2.24, 2.45) is 11.8 Å². The van der Waals surface area contributed by atoms with Crippen molar-refractivity contribution in [1.82, 2.24) is 20.5 Å². The minimum atomic E-state index is -0.834. The van der Waals surface area contributed by atoms with E-state index in [2.05, 4.69) is 16.0 Å². The Balaban J connectivity index is 1.47. The van der Waals surface area contributed by atoms with E-state index in [-0.39, 0.29) is 49.7 Å². The molecule has 2 aliphatic rings. The second-order valence-corrected chi connectivity index (χ2v) is 11.3. The molecule has 0 radical (unpaired) electrons. The molecule has 4 rings (SSSR count). The number of ketones is 1. The predicted octanol–water partition coefficient (Wildman–Crippen LogP) is 3.08. The van der Waals surface area contributed by atoms with E-state index >= 15 is 0 Å². The number of ether oxygens (including phenoxy) is 1. The van der Waals surface area contributed by atoms with Crippen LogP contribution >= 0.6 is 11.6 Å². The van der Waals surface area contributed by atoms with Crippen LogP contribution < -0.4 is 16.0 Å². The van der Waals surface area contributed by atoms with Crippen molar-refractivity contribution in [2.75, 3.05) is 19.9 Å². The molecule has 5 atom stereocenters. The molecule has 1 aliphatic carbocycles. The van der Waals surface area contributed by atoms with Gasteiger partial charge in [0.1, 0.15) is 25.1 Å². The highest BCUT2D eigenvalue weighted by Crippen LogP contribution is 2.38. The van der Waals surface area contributed by atoms with Gasteiger partial charge in [0, 0.05) is 42.5 Å². The van der Waals surface area contributed by atoms with Crippen molar-refractivity contribution in [3.63, 3.8) is 0 Å². The maximum atomic E-state index is 13.7. The number of carbonyl (C=O) groups is 4. The molecule has 0 saturated heterocycles. The third-order valence-corrected chi connectivity index (χ3v) is 8.47. The van der Waals surface area contributed by atoms with Gasteiger partial charge in [-0.1, -0.05) is 50.1 Å². The normalized spacial score (nSPS) is 21.3. The fourth-order valence-electron chi connectivity index (χ4n) is 5.70. The number of nitrogens with one attached hydrogen (secondary N) is 3. The molecule has 2 aromatic rings. The molecular formula is C30H38ClFN4O5. The van der Waals surface area contributed by atoms with Crippen LogP contribution in [0.1, 0.15) is 55.8 Å². The number of amides is 3. The van der Waals surface area contributed by atoms with Gasteiger partial charge in [0.05, 0.1) is 18.4 Å². The largest absolute Gasteiger partial charge is 0.369 e. The zero-order valence-corrected chi connectivity index (χ0v) is 24.2. The van der Waals surface area contributed by atoms with Gasteiger partial charge in [-0.2, -0.15) is 0 Å². The Morgan fingerprint density at radius 2 is 2.00 bits per heavy atom. The summed E-state index contributed by atoms with van der Waals surface area (Å²) in [5.41, 5.74) is 2.68. The minimum absolute atomic E-state index is 0.0456. The summed E-state index contributed by atoms with van der Waals surface area (Å²) in [5.74, 6) is -2.56. The molecule has 1 aliphatic heterocycles. The lowest BCUT2D eigenvalue weighted by Crippen LogP contribution is -2.55. The summed E-state index contributed by atoms with van der Waals surface area (Å²) in [4.78, 5) is 52.8. The van der Waals surface area contributed by atoms with Crippen LogP contribution in [0.4, 0.5) is 4.39 Å². The summed E-state index contributed by atoms with van der Waals surface area (Å²) in [5, 5.41) is 9.25. The molecule has 3 unspecified atom stereocenters. The van der Waals surface area contributed by atoms with Crippen LogP contribution in [0.2, 0.25) is 5.02 Å². The van der Waals surface area contributed by atoms with Gasteiger partial charge < -0.3 is 25.3 Å². The first-order valence-corrected chi connectivity index (χ1v) is 14.6. The number of aryl methyl sites for hydroxylation is 1. The monoisotopic (exact) mass is 588 g/mol. The van der Waals surface area contributed by atoms with Crippen molar-refractivity contribution in [3.8, 4) is 0 Å². The molecule has 1 aromatic carbocycles. The molecule has 222 valence electrons. The quantitative estimate of drug-likeness (QED) is 0.329. The third-order valence-electron chi connectivity index (χ3n) is 8.10. The van der Waals surface area contributed by atoms with Crippen LogP contribution in [-0.4, -0.2) is 60.0 Å². The number of alkyl halides is 1. The number of aromatic nitrogens is 1. The van der Waals surface area contributed by atoms with Crippen LogP contribution in [-0.2, 0) is 43.4 Å². The summed E-state index contributed by atoms with van der Waals surface area (Å²) in [6, 6.07) is 7.95. The Morgan fingerprint density at radius 1 is 1.22 bits per heavy atom. The smallest absolute Gasteiger partial charge is 0.246 e. The van der Waals surface area contributed by atoms with Crippen LogP contribution in [0.3, 0.4) is 0 Å². The fourth-order valence-corrected chi connectivity index (χ4v) is 5.91. The Morgan fingerprint density at radius 3 is 2.73 bits per heavy atom. The van der Waals surface area contributed by atoms with E-state index in [0.29, 0.717) is 30.8 Å². The predicted molar refractivity (Wildman–Crippen MR) is 152 cm³/mol. The van der Waals surface area contributed by atoms with Crippen molar-refractivity contribution in [1.29, 1.82) is 0 Å². The maximum Gasteiger partial charge on any atom is 0.246 e. The molecule has 0 fully saturated rings. The highest BCUT2D eigenvalue weighted by atomic mass is 35.5. The highest BCUT2D eigenvalue weighted by Gasteiger charge is 2.43. The van der Waals surface area contributed by atoms with Gasteiger partial charge in [-0.05, 0) is 42.0 Å². The lowest BCUT2D eigenvalue weighted by atomic mass is 9.79. The molecule has 41 heavy (non-hydrogen) atoms. The van der Waals surface area contributed by atoms with Gasteiger partial charge in [-0.15, -0.1) is 0 Å². The first-order valence-electron chi connectivity index (χ1n) is 14.2. The Labute approximate surface area is 244 Å². The Bertz CT molecular complexity index is 1270. The second-order valence-electron chi connectivity index (χ2n) is 10.9. The average Bonchev–Trinajstić information content (AvgIpc) is 3.29. The summed E-state index contributed by atoms with van der Waals surface area (Å²) >= 11 is 6.23. The molecule has 3 amide bonds. The fraction of sp³-hybridized carbons (Fsp3) is 0.533. The van der Waals surface area contributed by atoms with E-state index < -0.39 is 36.5 Å². The zero-order chi connectivity index (χ0) is 29.5. The van der Waals surface area contributed by atoms with E-state index in [9.17, 15) is 23.6 Å². The van der Waals surface area contributed by atoms with E-state index in [1.54, 1.807) is 6.07 Å². The summed E-state index contributed by atoms with van der Waals surface area (Å²) in [7, 11) is 0. The second kappa shape index (κ2) is 14.1. The summed E-state index contributed by atoms with van der Waals surface area (Å²) in [6.45, 7) is 3.16. The standard InChI is InChI=1S/C30H38ClFN4O5/c1-3-18(2)27(35-25(38)17-41-13-11-32)30(40)34-23-9-8-19-10-12-36-16-21(14-24(37)26(23)28(19)36)29(39)33-15-20-6-4-5-7-22(20)31/h4-7,10,12,18,21,23,26-27H,3,8-9,11,13-17H2,1-2H3,(H,33,39)(H,34,40)(H,35,38)/t18?,21-,23-,26?,27?/m0/s1. The number of carbonyl (C=O) groups excluding carboxylic acids is 4. The van der Waals surface area contributed by atoms with E-state index in [0.717, 1.165) is 16.8 Å². The minimum Gasteiger partial charge on any atom is -0.369 e. The van der Waals surface area contributed by atoms with Gasteiger partial charge in [0.25, 0.3) is 0 Å². The lowest BCUT2D eigenvalue weighted by molar-refractivity contribution is -0.133. The number of hydrogen-bond acceptors (Lipinski definition) is 5. The van der Waals surface area contributed by atoms with E-state index in [1.165, 1.54) is 0 Å². The van der Waals surface area contributed by atoms with Gasteiger partial charge in [-0.25, -0.2) is 4.39 Å². The molecule has 9 nitrogen and oxygen atoms in total. The van der Waals surface area contributed by atoms with Gasteiger partial charge in [0.15, 0.2) is 0 Å². The van der Waals surface area contributed by atoms with Crippen molar-refractivity contribution >= 4 is 35.1 Å². The molecule has 0 saturated carbocycles. The lowest BCUT2D eigenvalue weighted by Gasteiger charge is -2.34. The molecule has 0 spiro atoms. The van der Waals surface area contributed by atoms with Gasteiger partial charge in [-0.3, -0.25) is 19.2 Å². The maximum absolute atomic E-state index is 13.7. The Kier molecular flexibility index (Phi) is 10.6. The van der Waals surface area contributed by atoms with Gasteiger partial charge >= 0.3 is 0 Å². The van der Waals surface area contributed by atoms with Gasteiger partial charge in [0.2, 0.25) is 17.7 Å². The SMILES string of the molecule is CCC(C)C(NC(=O)COCCF)C(=O)N[C@H]1CCc2ccn3c2C1C(=O)C[C@H](C(=O)NCc1ccccc1Cl)C3. The first-order chi connectivity index (χ1) is 19.7. The topological polar surface area (TPSA) is 119 Å². The number of nitrogens with zero attached hydrogens (tertiary/aromatic N) is 1. The van der Waals surface area contributed by atoms with Crippen LogP contribution in [0.15, 0.2) is 36.5 Å². The van der Waals surface area contributed by atoms with E-state index in [1.807, 2.05) is 48.9 Å². The molecule has 1 aromatic heterocycles. The number of hydrogen-bond donors (Lipinski definition) is 3. The molecule has 3 N–H and O–H groups in total. The van der Waals surface area contributed by atoms with Crippen molar-refractivity contribution < 1.29 is 28.3 Å². The van der Waals surface area contributed by atoms with E-state index in [4.69, 9.17) is 16.3 Å². The third kappa shape index (κ3) is 7.35. The van der Waals surface area contributed by atoms with Crippen LogP contribution in [0, 0.1) is 11.8 Å². The number of rotatable bonds is 12. The molecular weight excluding hydrogens is 551 g/mol. The van der Waals surface area contributed by atoms with Crippen LogP contribution in [0.5, 0.6) is 0 Å². The number of benzene rings is 1. The van der Waals surface area contributed by atoms with Crippen molar-refractivity contribution in [2.45, 2.75) is 70.6 Å². The first kappa shape index (κ1) is 30.7. The number of Topliss-reactive ketones (excluding diaryl/α,β-unsaturated/α-hetero) is 1.